The van der Waals surface area contributed by atoms with Crippen molar-refractivity contribution >= 4 is 17.4 Å². The number of aliphatic hydroxyl groups is 1. The summed E-state index contributed by atoms with van der Waals surface area (Å²) >= 11 is 1.68. The molecule has 0 fully saturated rings. The third-order valence-corrected chi connectivity index (χ3v) is 3.15. The fraction of sp³-hybridized carbons (Fsp3) is 0.400. The zero-order chi connectivity index (χ0) is 11.2. The molecule has 6 heteroatoms. The molecule has 0 amide bonds. The number of rotatable bonds is 6. The molecule has 16 heavy (non-hydrogen) atoms. The first-order valence-electron chi connectivity index (χ1n) is 5.27. The van der Waals surface area contributed by atoms with Crippen molar-refractivity contribution in [3.63, 3.8) is 0 Å². The Morgan fingerprint density at radius 1 is 1.31 bits per heavy atom. The van der Waals surface area contributed by atoms with Gasteiger partial charge in [0.2, 0.25) is 0 Å². The van der Waals surface area contributed by atoms with Crippen LogP contribution in [0.1, 0.15) is 0 Å². The van der Waals surface area contributed by atoms with Crippen LogP contribution in [0, 0.1) is 0 Å². The molecular formula is C10H15N4OS+. The zero-order valence-corrected chi connectivity index (χ0v) is 9.73. The number of hydrogen-bond donors (Lipinski definition) is 2. The summed E-state index contributed by atoms with van der Waals surface area (Å²) in [7, 11) is 0. The molecule has 0 saturated carbocycles. The van der Waals surface area contributed by atoms with Gasteiger partial charge in [0.15, 0.2) is 10.8 Å². The lowest BCUT2D eigenvalue weighted by molar-refractivity contribution is -0.651. The quantitative estimate of drug-likeness (QED) is 0.521. The fourth-order valence-corrected chi connectivity index (χ4v) is 2.25. The van der Waals surface area contributed by atoms with Crippen molar-refractivity contribution in [3.8, 4) is 0 Å². The third kappa shape index (κ3) is 2.72. The predicted molar refractivity (Wildman–Crippen MR) is 62.5 cm³/mol. The molecule has 3 N–H and O–H groups in total. The number of aromatic nitrogens is 3. The summed E-state index contributed by atoms with van der Waals surface area (Å²) in [6.07, 6.45) is 1.97. The van der Waals surface area contributed by atoms with E-state index in [-0.39, 0.29) is 6.61 Å². The summed E-state index contributed by atoms with van der Waals surface area (Å²) in [4.78, 5) is 0. The van der Waals surface area contributed by atoms with Crippen LogP contribution in [0.5, 0.6) is 0 Å². The average Bonchev–Trinajstić information content (AvgIpc) is 2.73. The molecule has 0 saturated heterocycles. The lowest BCUT2D eigenvalue weighted by Crippen LogP contribution is -2.85. The van der Waals surface area contributed by atoms with Crippen molar-refractivity contribution < 1.29 is 10.4 Å². The maximum Gasteiger partial charge on any atom is 0.195 e. The van der Waals surface area contributed by atoms with Crippen LogP contribution in [-0.4, -0.2) is 45.2 Å². The van der Waals surface area contributed by atoms with E-state index in [0.29, 0.717) is 0 Å². The Balaban J connectivity index is 1.89. The van der Waals surface area contributed by atoms with E-state index in [0.717, 1.165) is 29.6 Å². The van der Waals surface area contributed by atoms with E-state index < -0.39 is 0 Å². The summed E-state index contributed by atoms with van der Waals surface area (Å²) in [5, 5.41) is 19.8. The lowest BCUT2D eigenvalue weighted by atomic mass is 10.5. The van der Waals surface area contributed by atoms with Gasteiger partial charge >= 0.3 is 0 Å². The normalized spacial score (nSPS) is 11.1. The van der Waals surface area contributed by atoms with E-state index in [2.05, 4.69) is 15.5 Å². The number of nitrogens with zero attached hydrogens (tertiary/aromatic N) is 3. The van der Waals surface area contributed by atoms with Crippen LogP contribution in [0.25, 0.3) is 5.65 Å². The van der Waals surface area contributed by atoms with Crippen LogP contribution in [0.3, 0.4) is 0 Å². The number of pyridine rings is 1. The van der Waals surface area contributed by atoms with E-state index in [1.807, 2.05) is 28.8 Å². The van der Waals surface area contributed by atoms with Gasteiger partial charge in [-0.2, -0.15) is 0 Å². The maximum atomic E-state index is 8.63. The van der Waals surface area contributed by atoms with Crippen molar-refractivity contribution in [2.45, 2.75) is 5.16 Å². The molecule has 0 aliphatic heterocycles. The standard InChI is InChI=1S/C10H14N4OS/c15-7-4-11-5-8-16-10-13-12-9-3-1-2-6-14(9)10/h1-3,6,11,15H,4-5,7-8H2/p+1. The summed E-state index contributed by atoms with van der Waals surface area (Å²) in [6, 6.07) is 5.86. The number of thioether (sulfide) groups is 1. The van der Waals surface area contributed by atoms with Gasteiger partial charge in [-0.3, -0.25) is 4.40 Å². The molecule has 0 aliphatic rings. The SMILES string of the molecule is OCC[NH2+]CCSc1nnc2ccccn12. The minimum atomic E-state index is 0.235. The second-order valence-corrected chi connectivity index (χ2v) is 4.41. The van der Waals surface area contributed by atoms with Crippen LogP contribution in [0.2, 0.25) is 0 Å². The molecular weight excluding hydrogens is 224 g/mol. The number of aliphatic hydroxyl groups excluding tert-OH is 1. The summed E-state index contributed by atoms with van der Waals surface area (Å²) in [5.74, 6) is 0.968. The van der Waals surface area contributed by atoms with Crippen molar-refractivity contribution in [2.24, 2.45) is 0 Å². The molecule has 0 aromatic carbocycles. The molecule has 0 aliphatic carbocycles. The van der Waals surface area contributed by atoms with Crippen LogP contribution in [0.4, 0.5) is 0 Å². The number of nitrogens with two attached hydrogens (primary N) is 1. The highest BCUT2D eigenvalue weighted by Crippen LogP contribution is 2.15. The van der Waals surface area contributed by atoms with Gasteiger partial charge in [0.1, 0.15) is 0 Å². The van der Waals surface area contributed by atoms with Crippen LogP contribution >= 0.6 is 11.8 Å². The van der Waals surface area contributed by atoms with Crippen LogP contribution in [-0.2, 0) is 0 Å². The topological polar surface area (TPSA) is 67.0 Å². The van der Waals surface area contributed by atoms with Gasteiger partial charge < -0.3 is 10.4 Å². The molecule has 0 bridgehead atoms. The minimum Gasteiger partial charge on any atom is -0.391 e. The Labute approximate surface area is 97.9 Å². The Bertz CT molecular complexity index is 445. The van der Waals surface area contributed by atoms with Gasteiger partial charge in [-0.15, -0.1) is 10.2 Å². The predicted octanol–water partition coefficient (Wildman–Crippen LogP) is -0.623. The second kappa shape index (κ2) is 5.83. The van der Waals surface area contributed by atoms with Gasteiger partial charge in [-0.1, -0.05) is 17.8 Å². The third-order valence-electron chi connectivity index (χ3n) is 2.17. The van der Waals surface area contributed by atoms with E-state index in [4.69, 9.17) is 5.11 Å². The Kier molecular flexibility index (Phi) is 4.15. The molecule has 0 atom stereocenters. The van der Waals surface area contributed by atoms with E-state index >= 15 is 0 Å². The summed E-state index contributed by atoms with van der Waals surface area (Å²) in [6.45, 7) is 1.98. The van der Waals surface area contributed by atoms with Gasteiger partial charge in [-0.25, -0.2) is 0 Å². The first-order valence-corrected chi connectivity index (χ1v) is 6.25. The molecule has 86 valence electrons. The smallest absolute Gasteiger partial charge is 0.195 e. The lowest BCUT2D eigenvalue weighted by Gasteiger charge is -1.99. The maximum absolute atomic E-state index is 8.63. The van der Waals surface area contributed by atoms with Crippen molar-refractivity contribution in [1.29, 1.82) is 0 Å². The van der Waals surface area contributed by atoms with Gasteiger partial charge in [0.25, 0.3) is 0 Å². The Morgan fingerprint density at radius 3 is 3.12 bits per heavy atom. The molecule has 2 aromatic rings. The molecule has 2 aromatic heterocycles. The highest BCUT2D eigenvalue weighted by molar-refractivity contribution is 7.99. The van der Waals surface area contributed by atoms with Crippen molar-refractivity contribution in [2.75, 3.05) is 25.4 Å². The average molecular weight is 239 g/mol. The van der Waals surface area contributed by atoms with Crippen LogP contribution < -0.4 is 5.32 Å². The molecule has 5 nitrogen and oxygen atoms in total. The molecule has 2 heterocycles. The van der Waals surface area contributed by atoms with Gasteiger partial charge in [0.05, 0.1) is 25.4 Å². The molecule has 0 spiro atoms. The number of hydrogen-bond acceptors (Lipinski definition) is 4. The number of quaternary nitrogens is 1. The molecule has 2 rings (SSSR count). The van der Waals surface area contributed by atoms with E-state index in [1.54, 1.807) is 11.8 Å². The largest absolute Gasteiger partial charge is 0.391 e. The molecule has 0 radical (unpaired) electrons. The Morgan fingerprint density at radius 2 is 2.25 bits per heavy atom. The zero-order valence-electron chi connectivity index (χ0n) is 8.91. The highest BCUT2D eigenvalue weighted by Gasteiger charge is 2.04. The first-order chi connectivity index (χ1) is 7.92. The van der Waals surface area contributed by atoms with Crippen molar-refractivity contribution in [1.82, 2.24) is 14.6 Å². The number of fused-ring (bicyclic) bond motifs is 1. The van der Waals surface area contributed by atoms with Crippen molar-refractivity contribution in [3.05, 3.63) is 24.4 Å². The van der Waals surface area contributed by atoms with Gasteiger partial charge in [-0.05, 0) is 12.1 Å². The van der Waals surface area contributed by atoms with Gasteiger partial charge in [0, 0.05) is 6.20 Å². The highest BCUT2D eigenvalue weighted by atomic mass is 32.2. The van der Waals surface area contributed by atoms with E-state index in [9.17, 15) is 0 Å². The van der Waals surface area contributed by atoms with E-state index in [1.165, 1.54) is 0 Å². The Hall–Kier alpha value is -1.11. The first kappa shape index (κ1) is 11.4. The molecule has 0 unspecified atom stereocenters. The second-order valence-electron chi connectivity index (χ2n) is 3.35. The monoisotopic (exact) mass is 239 g/mol. The van der Waals surface area contributed by atoms with Crippen LogP contribution in [0.15, 0.2) is 29.6 Å². The fourth-order valence-electron chi connectivity index (χ4n) is 1.39. The summed E-state index contributed by atoms with van der Waals surface area (Å²) in [5.41, 5.74) is 0.879. The minimum absolute atomic E-state index is 0.235. The summed E-state index contributed by atoms with van der Waals surface area (Å²) < 4.78 is 1.98.